The predicted octanol–water partition coefficient (Wildman–Crippen LogP) is 1.92. The minimum Gasteiger partial charge on any atom is -0.409 e. The standard InChI is InChI=1S/C10H17N3OS/c1-7(6-10(11)13-14)12-8(2)9-4-3-5-15-9/h3-5,7-8,12,14H,6H2,1-2H3,(H2,11,13)/t7?,8-/m1/s1. The smallest absolute Gasteiger partial charge is 0.140 e. The summed E-state index contributed by atoms with van der Waals surface area (Å²) in [6.07, 6.45) is 0.548. The summed E-state index contributed by atoms with van der Waals surface area (Å²) in [7, 11) is 0. The lowest BCUT2D eigenvalue weighted by Gasteiger charge is -2.18. The third-order valence-electron chi connectivity index (χ3n) is 2.15. The van der Waals surface area contributed by atoms with Crippen LogP contribution in [0.1, 0.15) is 31.2 Å². The van der Waals surface area contributed by atoms with E-state index in [9.17, 15) is 0 Å². The minimum atomic E-state index is 0.193. The Kier molecular flexibility index (Phi) is 4.58. The van der Waals surface area contributed by atoms with Gasteiger partial charge in [0.1, 0.15) is 5.84 Å². The molecule has 15 heavy (non-hydrogen) atoms. The molecule has 0 aliphatic carbocycles. The highest BCUT2D eigenvalue weighted by atomic mass is 32.1. The molecule has 0 amide bonds. The number of hydrogen-bond acceptors (Lipinski definition) is 4. The molecular formula is C10H17N3OS. The minimum absolute atomic E-state index is 0.193. The van der Waals surface area contributed by atoms with Crippen LogP contribution in [0.5, 0.6) is 0 Å². The highest BCUT2D eigenvalue weighted by Crippen LogP contribution is 2.18. The molecule has 4 N–H and O–H groups in total. The molecular weight excluding hydrogens is 210 g/mol. The van der Waals surface area contributed by atoms with E-state index in [4.69, 9.17) is 10.9 Å². The summed E-state index contributed by atoms with van der Waals surface area (Å²) in [5, 5.41) is 16.8. The quantitative estimate of drug-likeness (QED) is 0.311. The maximum Gasteiger partial charge on any atom is 0.140 e. The first-order valence-electron chi connectivity index (χ1n) is 4.89. The van der Waals surface area contributed by atoms with Crippen LogP contribution in [-0.2, 0) is 0 Å². The van der Waals surface area contributed by atoms with Gasteiger partial charge in [-0.25, -0.2) is 0 Å². The Morgan fingerprint density at radius 2 is 2.40 bits per heavy atom. The molecule has 1 unspecified atom stereocenters. The fraction of sp³-hybridized carbons (Fsp3) is 0.500. The largest absolute Gasteiger partial charge is 0.409 e. The first kappa shape index (κ1) is 12.0. The molecule has 0 saturated carbocycles. The zero-order chi connectivity index (χ0) is 11.3. The number of nitrogens with one attached hydrogen (secondary N) is 1. The number of amidine groups is 1. The van der Waals surface area contributed by atoms with Gasteiger partial charge < -0.3 is 16.3 Å². The summed E-state index contributed by atoms with van der Waals surface area (Å²) >= 11 is 1.72. The van der Waals surface area contributed by atoms with Crippen molar-refractivity contribution in [2.75, 3.05) is 0 Å². The molecule has 0 aromatic carbocycles. The van der Waals surface area contributed by atoms with Gasteiger partial charge in [-0.3, -0.25) is 0 Å². The van der Waals surface area contributed by atoms with Crippen molar-refractivity contribution in [3.63, 3.8) is 0 Å². The predicted molar refractivity (Wildman–Crippen MR) is 63.4 cm³/mol. The van der Waals surface area contributed by atoms with Crippen molar-refractivity contribution in [1.29, 1.82) is 0 Å². The molecule has 84 valence electrons. The summed E-state index contributed by atoms with van der Waals surface area (Å²) in [5.41, 5.74) is 5.43. The SMILES string of the molecule is CC(C/C(N)=N/O)N[C@H](C)c1cccs1. The molecule has 0 radical (unpaired) electrons. The molecule has 4 nitrogen and oxygen atoms in total. The number of nitrogens with zero attached hydrogens (tertiary/aromatic N) is 1. The van der Waals surface area contributed by atoms with E-state index in [2.05, 4.69) is 28.8 Å². The van der Waals surface area contributed by atoms with E-state index >= 15 is 0 Å². The van der Waals surface area contributed by atoms with Gasteiger partial charge in [-0.15, -0.1) is 11.3 Å². The van der Waals surface area contributed by atoms with E-state index in [1.807, 2.05) is 13.0 Å². The average molecular weight is 227 g/mol. The Labute approximate surface area is 93.8 Å². The van der Waals surface area contributed by atoms with Crippen molar-refractivity contribution >= 4 is 17.2 Å². The van der Waals surface area contributed by atoms with Crippen molar-refractivity contribution in [3.05, 3.63) is 22.4 Å². The molecule has 0 bridgehead atoms. The van der Waals surface area contributed by atoms with Crippen molar-refractivity contribution in [3.8, 4) is 0 Å². The first-order valence-corrected chi connectivity index (χ1v) is 5.77. The van der Waals surface area contributed by atoms with Crippen molar-refractivity contribution in [2.45, 2.75) is 32.4 Å². The van der Waals surface area contributed by atoms with Gasteiger partial charge in [-0.05, 0) is 25.3 Å². The number of rotatable bonds is 5. The lowest BCUT2D eigenvalue weighted by molar-refractivity contribution is 0.315. The summed E-state index contributed by atoms with van der Waals surface area (Å²) in [4.78, 5) is 1.29. The molecule has 2 atom stereocenters. The molecule has 0 aliphatic heterocycles. The molecule has 5 heteroatoms. The third kappa shape index (κ3) is 3.89. The Hall–Kier alpha value is -1.07. The van der Waals surface area contributed by atoms with Crippen LogP contribution in [0.25, 0.3) is 0 Å². The van der Waals surface area contributed by atoms with Crippen LogP contribution in [0.2, 0.25) is 0 Å². The number of thiophene rings is 1. The first-order chi connectivity index (χ1) is 7.13. The van der Waals surface area contributed by atoms with E-state index in [1.165, 1.54) is 4.88 Å². The van der Waals surface area contributed by atoms with Gasteiger partial charge in [0.05, 0.1) is 0 Å². The zero-order valence-electron chi connectivity index (χ0n) is 8.97. The maximum absolute atomic E-state index is 8.44. The van der Waals surface area contributed by atoms with Crippen molar-refractivity contribution in [2.24, 2.45) is 10.9 Å². The van der Waals surface area contributed by atoms with Crippen molar-refractivity contribution in [1.82, 2.24) is 5.32 Å². The van der Waals surface area contributed by atoms with Gasteiger partial charge in [-0.1, -0.05) is 11.2 Å². The molecule has 0 aliphatic rings. The molecule has 1 aromatic rings. The monoisotopic (exact) mass is 227 g/mol. The Balaban J connectivity index is 2.41. The molecule has 1 rings (SSSR count). The molecule has 0 saturated heterocycles. The topological polar surface area (TPSA) is 70.6 Å². The summed E-state index contributed by atoms with van der Waals surface area (Å²) in [6, 6.07) is 4.62. The second-order valence-corrected chi connectivity index (χ2v) is 4.58. The fourth-order valence-corrected chi connectivity index (χ4v) is 2.20. The normalized spacial score (nSPS) is 16.3. The van der Waals surface area contributed by atoms with Crippen LogP contribution in [0, 0.1) is 0 Å². The van der Waals surface area contributed by atoms with Crippen molar-refractivity contribution < 1.29 is 5.21 Å². The zero-order valence-corrected chi connectivity index (χ0v) is 9.79. The molecule has 1 heterocycles. The van der Waals surface area contributed by atoms with Gasteiger partial charge >= 0.3 is 0 Å². The van der Waals surface area contributed by atoms with Crippen LogP contribution < -0.4 is 11.1 Å². The summed E-state index contributed by atoms with van der Waals surface area (Å²) < 4.78 is 0. The molecule has 0 spiro atoms. The van der Waals surface area contributed by atoms with E-state index in [-0.39, 0.29) is 11.9 Å². The lowest BCUT2D eigenvalue weighted by Crippen LogP contribution is -2.32. The van der Waals surface area contributed by atoms with E-state index < -0.39 is 0 Å². The highest BCUT2D eigenvalue weighted by Gasteiger charge is 2.11. The van der Waals surface area contributed by atoms with Crippen LogP contribution in [0.4, 0.5) is 0 Å². The maximum atomic E-state index is 8.44. The third-order valence-corrected chi connectivity index (χ3v) is 3.20. The van der Waals surface area contributed by atoms with Gasteiger partial charge in [0, 0.05) is 23.4 Å². The van der Waals surface area contributed by atoms with Gasteiger partial charge in [0.2, 0.25) is 0 Å². The Morgan fingerprint density at radius 3 is 2.93 bits per heavy atom. The van der Waals surface area contributed by atoms with E-state index in [0.29, 0.717) is 12.5 Å². The fourth-order valence-electron chi connectivity index (χ4n) is 1.46. The second kappa shape index (κ2) is 5.72. The Bertz CT molecular complexity index is 310. The van der Waals surface area contributed by atoms with Gasteiger partial charge in [-0.2, -0.15) is 0 Å². The lowest BCUT2D eigenvalue weighted by atomic mass is 10.2. The number of hydrogen-bond donors (Lipinski definition) is 3. The second-order valence-electron chi connectivity index (χ2n) is 3.60. The van der Waals surface area contributed by atoms with Gasteiger partial charge in [0.25, 0.3) is 0 Å². The Morgan fingerprint density at radius 1 is 1.67 bits per heavy atom. The molecule has 0 fully saturated rings. The summed E-state index contributed by atoms with van der Waals surface area (Å²) in [5.74, 6) is 0.258. The van der Waals surface area contributed by atoms with Crippen LogP contribution >= 0.6 is 11.3 Å². The van der Waals surface area contributed by atoms with E-state index in [1.54, 1.807) is 11.3 Å². The van der Waals surface area contributed by atoms with Crippen LogP contribution in [0.3, 0.4) is 0 Å². The molecule has 1 aromatic heterocycles. The summed E-state index contributed by atoms with van der Waals surface area (Å²) in [6.45, 7) is 4.12. The van der Waals surface area contributed by atoms with Crippen LogP contribution in [-0.4, -0.2) is 17.1 Å². The van der Waals surface area contributed by atoms with Gasteiger partial charge in [0.15, 0.2) is 0 Å². The van der Waals surface area contributed by atoms with Crippen LogP contribution in [0.15, 0.2) is 22.7 Å². The number of nitrogens with two attached hydrogens (primary N) is 1. The van der Waals surface area contributed by atoms with E-state index in [0.717, 1.165) is 0 Å². The number of oxime groups is 1. The average Bonchev–Trinajstić information content (AvgIpc) is 2.70. The highest BCUT2D eigenvalue weighted by molar-refractivity contribution is 7.10.